The maximum atomic E-state index is 13.2. The lowest BCUT2D eigenvalue weighted by Crippen LogP contribution is -2.31. The molecule has 0 N–H and O–H groups in total. The molecule has 6 heteroatoms. The zero-order chi connectivity index (χ0) is 22.0. The highest BCUT2D eigenvalue weighted by Gasteiger charge is 2.31. The topological polar surface area (TPSA) is 47.4 Å². The van der Waals surface area contributed by atoms with E-state index in [0.29, 0.717) is 12.6 Å². The lowest BCUT2D eigenvalue weighted by atomic mass is 10.1. The number of ether oxygens (including phenoxy) is 1. The molecule has 0 spiro atoms. The van der Waals surface area contributed by atoms with Crippen LogP contribution in [0.15, 0.2) is 54.6 Å². The first-order valence-corrected chi connectivity index (χ1v) is 10.4. The van der Waals surface area contributed by atoms with Crippen molar-refractivity contribution in [3.8, 4) is 11.4 Å². The van der Waals surface area contributed by atoms with Gasteiger partial charge in [-0.1, -0.05) is 12.1 Å². The second kappa shape index (κ2) is 8.76. The quantitative estimate of drug-likeness (QED) is 0.515. The largest absolute Gasteiger partial charge is 0.497 e. The first-order chi connectivity index (χ1) is 15.0. The molecule has 5 nitrogen and oxygen atoms in total. The van der Waals surface area contributed by atoms with E-state index in [0.717, 1.165) is 46.8 Å². The zero-order valence-corrected chi connectivity index (χ0v) is 18.0. The van der Waals surface area contributed by atoms with Gasteiger partial charge in [0.1, 0.15) is 11.6 Å². The number of carbonyl (C=O) groups excluding carboxylic acids is 1. The van der Waals surface area contributed by atoms with Crippen LogP contribution in [0.1, 0.15) is 35.4 Å². The summed E-state index contributed by atoms with van der Waals surface area (Å²) in [5.74, 6) is 0.511. The molecule has 1 aliphatic rings. The van der Waals surface area contributed by atoms with Crippen LogP contribution in [0, 0.1) is 19.7 Å². The van der Waals surface area contributed by atoms with Gasteiger partial charge < -0.3 is 9.64 Å². The molecule has 0 bridgehead atoms. The molecule has 1 heterocycles. The van der Waals surface area contributed by atoms with Gasteiger partial charge in [-0.05, 0) is 74.7 Å². The summed E-state index contributed by atoms with van der Waals surface area (Å²) in [6.07, 6.45) is 5.55. The van der Waals surface area contributed by atoms with E-state index in [2.05, 4.69) is 5.10 Å². The molecule has 0 saturated heterocycles. The van der Waals surface area contributed by atoms with Crippen molar-refractivity contribution in [2.75, 3.05) is 7.11 Å². The maximum Gasteiger partial charge on any atom is 0.247 e. The monoisotopic (exact) mass is 419 g/mol. The van der Waals surface area contributed by atoms with E-state index < -0.39 is 0 Å². The number of aryl methyl sites for hydroxylation is 1. The predicted molar refractivity (Wildman–Crippen MR) is 119 cm³/mol. The Balaban J connectivity index is 1.52. The number of hydrogen-bond donors (Lipinski definition) is 0. The van der Waals surface area contributed by atoms with Crippen molar-refractivity contribution in [2.45, 2.75) is 39.3 Å². The summed E-state index contributed by atoms with van der Waals surface area (Å²) in [6, 6.07) is 14.3. The minimum atomic E-state index is -0.284. The number of aromatic nitrogens is 2. The Bertz CT molecular complexity index is 1100. The van der Waals surface area contributed by atoms with Crippen LogP contribution < -0.4 is 4.74 Å². The molecule has 160 valence electrons. The van der Waals surface area contributed by atoms with Crippen molar-refractivity contribution in [3.63, 3.8) is 0 Å². The third-order valence-corrected chi connectivity index (χ3v) is 5.59. The normalized spacial score (nSPS) is 13.5. The molecule has 31 heavy (non-hydrogen) atoms. The van der Waals surface area contributed by atoms with Crippen LogP contribution >= 0.6 is 0 Å². The number of methoxy groups -OCH3 is 1. The van der Waals surface area contributed by atoms with Gasteiger partial charge in [0, 0.05) is 29.9 Å². The van der Waals surface area contributed by atoms with Gasteiger partial charge in [0.2, 0.25) is 5.91 Å². The first-order valence-electron chi connectivity index (χ1n) is 10.4. The van der Waals surface area contributed by atoms with E-state index in [-0.39, 0.29) is 11.7 Å². The van der Waals surface area contributed by atoms with Gasteiger partial charge >= 0.3 is 0 Å². The summed E-state index contributed by atoms with van der Waals surface area (Å²) in [6.45, 7) is 4.43. The SMILES string of the molecule is COc1ccc(CN(C(=O)/C=C/c2c(C)nn(-c3ccc(F)cc3)c2C)C2CC2)cc1. The summed E-state index contributed by atoms with van der Waals surface area (Å²) >= 11 is 0. The third kappa shape index (κ3) is 4.68. The molecule has 0 unspecified atom stereocenters. The van der Waals surface area contributed by atoms with Gasteiger partial charge in [0.15, 0.2) is 0 Å². The van der Waals surface area contributed by atoms with Crippen LogP contribution in [0.3, 0.4) is 0 Å². The van der Waals surface area contributed by atoms with Crippen molar-refractivity contribution in [2.24, 2.45) is 0 Å². The van der Waals surface area contributed by atoms with Crippen molar-refractivity contribution in [1.29, 1.82) is 0 Å². The Morgan fingerprint density at radius 1 is 1.16 bits per heavy atom. The van der Waals surface area contributed by atoms with E-state index in [1.807, 2.05) is 49.1 Å². The summed E-state index contributed by atoms with van der Waals surface area (Å²) in [4.78, 5) is 14.9. The smallest absolute Gasteiger partial charge is 0.247 e. The molecular formula is C25H26FN3O2. The molecule has 1 aliphatic carbocycles. The lowest BCUT2D eigenvalue weighted by molar-refractivity contribution is -0.127. The van der Waals surface area contributed by atoms with Gasteiger partial charge in [0.25, 0.3) is 0 Å². The molecule has 0 aliphatic heterocycles. The highest BCUT2D eigenvalue weighted by molar-refractivity contribution is 5.92. The number of halogens is 1. The Kier molecular flexibility index (Phi) is 5.89. The molecule has 2 aromatic carbocycles. The molecule has 0 radical (unpaired) electrons. The Hall–Kier alpha value is -3.41. The fourth-order valence-corrected chi connectivity index (χ4v) is 3.68. The highest BCUT2D eigenvalue weighted by atomic mass is 19.1. The molecular weight excluding hydrogens is 393 g/mol. The first kappa shape index (κ1) is 20.8. The van der Waals surface area contributed by atoms with Gasteiger partial charge in [-0.2, -0.15) is 5.10 Å². The van der Waals surface area contributed by atoms with E-state index in [1.54, 1.807) is 30.0 Å². The molecule has 3 aromatic rings. The number of benzene rings is 2. The molecule has 1 fully saturated rings. The van der Waals surface area contributed by atoms with Crippen molar-refractivity contribution >= 4 is 12.0 Å². The van der Waals surface area contributed by atoms with Crippen LogP contribution in [-0.2, 0) is 11.3 Å². The number of rotatable bonds is 7. The Labute approximate surface area is 181 Å². The van der Waals surface area contributed by atoms with Crippen LogP contribution in [0.25, 0.3) is 11.8 Å². The summed E-state index contributed by atoms with van der Waals surface area (Å²) in [5.41, 5.74) is 4.48. The second-order valence-electron chi connectivity index (χ2n) is 7.85. The maximum absolute atomic E-state index is 13.2. The van der Waals surface area contributed by atoms with Crippen molar-refractivity contribution in [3.05, 3.63) is 82.9 Å². The van der Waals surface area contributed by atoms with Crippen LogP contribution in [0.2, 0.25) is 0 Å². The van der Waals surface area contributed by atoms with E-state index in [1.165, 1.54) is 12.1 Å². The molecule has 1 amide bonds. The third-order valence-electron chi connectivity index (χ3n) is 5.59. The number of amides is 1. The Morgan fingerprint density at radius 2 is 1.84 bits per heavy atom. The fourth-order valence-electron chi connectivity index (χ4n) is 3.68. The molecule has 1 aromatic heterocycles. The van der Waals surface area contributed by atoms with Gasteiger partial charge in [-0.15, -0.1) is 0 Å². The van der Waals surface area contributed by atoms with Gasteiger partial charge in [0.05, 0.1) is 18.5 Å². The van der Waals surface area contributed by atoms with Crippen LogP contribution in [0.5, 0.6) is 5.75 Å². The summed E-state index contributed by atoms with van der Waals surface area (Å²) < 4.78 is 20.2. The average molecular weight is 420 g/mol. The van der Waals surface area contributed by atoms with E-state index >= 15 is 0 Å². The van der Waals surface area contributed by atoms with Crippen LogP contribution in [0.4, 0.5) is 4.39 Å². The highest BCUT2D eigenvalue weighted by Crippen LogP contribution is 2.29. The summed E-state index contributed by atoms with van der Waals surface area (Å²) in [7, 11) is 1.64. The minimum Gasteiger partial charge on any atom is -0.497 e. The van der Waals surface area contributed by atoms with Crippen molar-refractivity contribution in [1.82, 2.24) is 14.7 Å². The number of carbonyl (C=O) groups is 1. The molecule has 0 atom stereocenters. The number of nitrogens with zero attached hydrogens (tertiary/aromatic N) is 3. The van der Waals surface area contributed by atoms with E-state index in [4.69, 9.17) is 4.74 Å². The molecule has 1 saturated carbocycles. The standard InChI is InChI=1S/C25H26FN3O2/c1-17-24(18(2)29(27-17)22-8-6-20(26)7-9-22)14-15-25(30)28(21-10-11-21)16-19-4-12-23(31-3)13-5-19/h4-9,12-15,21H,10-11,16H2,1-3H3/b15-14+. The molecule has 4 rings (SSSR count). The lowest BCUT2D eigenvalue weighted by Gasteiger charge is -2.21. The van der Waals surface area contributed by atoms with Gasteiger partial charge in [-0.25, -0.2) is 9.07 Å². The predicted octanol–water partition coefficient (Wildman–Crippen LogP) is 4.84. The summed E-state index contributed by atoms with van der Waals surface area (Å²) in [5, 5.41) is 4.57. The average Bonchev–Trinajstić information content (AvgIpc) is 3.57. The Morgan fingerprint density at radius 3 is 2.45 bits per heavy atom. The second-order valence-corrected chi connectivity index (χ2v) is 7.85. The zero-order valence-electron chi connectivity index (χ0n) is 18.0. The van der Waals surface area contributed by atoms with Gasteiger partial charge in [-0.3, -0.25) is 4.79 Å². The van der Waals surface area contributed by atoms with Crippen LogP contribution in [-0.4, -0.2) is 33.7 Å². The number of hydrogen-bond acceptors (Lipinski definition) is 3. The minimum absolute atomic E-state index is 0.00773. The fraction of sp³-hybridized carbons (Fsp3) is 0.280. The van der Waals surface area contributed by atoms with E-state index in [9.17, 15) is 9.18 Å². The van der Waals surface area contributed by atoms with Crippen molar-refractivity contribution < 1.29 is 13.9 Å².